The third-order valence-corrected chi connectivity index (χ3v) is 5.17. The number of hydrogen-bond acceptors (Lipinski definition) is 2. The van der Waals surface area contributed by atoms with E-state index in [2.05, 4.69) is 0 Å². The minimum atomic E-state index is -0.0404. The molecular weight excluding hydrogens is 338 g/mol. The Morgan fingerprint density at radius 2 is 1.56 bits per heavy atom. The van der Waals surface area contributed by atoms with Crippen molar-refractivity contribution in [1.82, 2.24) is 14.4 Å². The summed E-state index contributed by atoms with van der Waals surface area (Å²) in [5.74, 6) is -0.00242. The average Bonchev–Trinajstić information content (AvgIpc) is 2.88. The van der Waals surface area contributed by atoms with Gasteiger partial charge in [-0.15, -0.1) is 0 Å². The van der Waals surface area contributed by atoms with Gasteiger partial charge in [0.1, 0.15) is 0 Å². The number of aryl methyl sites for hydroxylation is 1. The van der Waals surface area contributed by atoms with Crippen molar-refractivity contribution in [2.75, 3.05) is 26.2 Å². The molecule has 0 unspecified atom stereocenters. The van der Waals surface area contributed by atoms with Crippen molar-refractivity contribution in [3.63, 3.8) is 0 Å². The molecule has 1 aliphatic heterocycles. The van der Waals surface area contributed by atoms with E-state index in [1.54, 1.807) is 29.2 Å². The second-order valence-corrected chi connectivity index (χ2v) is 6.88. The molecule has 1 aliphatic rings. The number of piperazine rings is 1. The Kier molecular flexibility index (Phi) is 4.86. The van der Waals surface area contributed by atoms with Crippen LogP contribution in [0.1, 0.15) is 32.1 Å². The first kappa shape index (κ1) is 17.5. The molecule has 0 bridgehead atoms. The van der Waals surface area contributed by atoms with Crippen molar-refractivity contribution in [2.45, 2.75) is 13.8 Å². The van der Waals surface area contributed by atoms with Crippen molar-refractivity contribution in [3.05, 3.63) is 57.9 Å². The highest BCUT2D eigenvalue weighted by Gasteiger charge is 2.27. The lowest BCUT2D eigenvalue weighted by molar-refractivity contribution is 0.0535. The minimum absolute atomic E-state index is 0.0380. The zero-order valence-corrected chi connectivity index (χ0v) is 15.5. The van der Waals surface area contributed by atoms with E-state index >= 15 is 0 Å². The third-order valence-electron chi connectivity index (χ3n) is 4.93. The van der Waals surface area contributed by atoms with Crippen molar-refractivity contribution >= 4 is 23.4 Å². The van der Waals surface area contributed by atoms with Gasteiger partial charge in [0.15, 0.2) is 0 Å². The van der Waals surface area contributed by atoms with Gasteiger partial charge < -0.3 is 14.4 Å². The summed E-state index contributed by atoms with van der Waals surface area (Å²) in [4.78, 5) is 28.9. The van der Waals surface area contributed by atoms with Crippen molar-refractivity contribution in [1.29, 1.82) is 0 Å². The number of benzene rings is 1. The van der Waals surface area contributed by atoms with Gasteiger partial charge in [-0.25, -0.2) is 0 Å². The van der Waals surface area contributed by atoms with Crippen LogP contribution in [-0.4, -0.2) is 52.4 Å². The summed E-state index contributed by atoms with van der Waals surface area (Å²) in [6, 6.07) is 8.90. The van der Waals surface area contributed by atoms with E-state index in [1.807, 2.05) is 36.4 Å². The highest BCUT2D eigenvalue weighted by Crippen LogP contribution is 2.18. The van der Waals surface area contributed by atoms with Crippen LogP contribution in [0.5, 0.6) is 0 Å². The number of carbonyl (C=O) groups excluding carboxylic acids is 2. The average molecular weight is 360 g/mol. The highest BCUT2D eigenvalue weighted by atomic mass is 35.5. The van der Waals surface area contributed by atoms with Gasteiger partial charge in [-0.2, -0.15) is 0 Å². The van der Waals surface area contributed by atoms with Crippen LogP contribution < -0.4 is 0 Å². The number of aromatic nitrogens is 1. The van der Waals surface area contributed by atoms with Crippen molar-refractivity contribution < 1.29 is 9.59 Å². The van der Waals surface area contributed by atoms with Crippen LogP contribution in [0.15, 0.2) is 30.3 Å². The van der Waals surface area contributed by atoms with Gasteiger partial charge in [-0.05, 0) is 38.1 Å². The molecule has 3 rings (SSSR count). The normalized spacial score (nSPS) is 14.7. The molecular formula is C19H22ClN3O2. The van der Waals surface area contributed by atoms with Crippen LogP contribution in [0, 0.1) is 13.8 Å². The summed E-state index contributed by atoms with van der Waals surface area (Å²) in [6.07, 6.45) is 0. The van der Waals surface area contributed by atoms with E-state index in [1.165, 1.54) is 0 Å². The van der Waals surface area contributed by atoms with Crippen LogP contribution in [0.3, 0.4) is 0 Å². The first-order valence-electron chi connectivity index (χ1n) is 8.35. The summed E-state index contributed by atoms with van der Waals surface area (Å²) in [5.41, 5.74) is 3.37. The number of hydrogen-bond donors (Lipinski definition) is 0. The van der Waals surface area contributed by atoms with Crippen LogP contribution in [0.4, 0.5) is 0 Å². The van der Waals surface area contributed by atoms with E-state index in [9.17, 15) is 9.59 Å². The van der Waals surface area contributed by atoms with Crippen LogP contribution in [0.2, 0.25) is 5.02 Å². The number of amides is 2. The quantitative estimate of drug-likeness (QED) is 0.827. The van der Waals surface area contributed by atoms with Gasteiger partial charge in [0.05, 0.1) is 5.56 Å². The van der Waals surface area contributed by atoms with E-state index in [0.29, 0.717) is 36.8 Å². The van der Waals surface area contributed by atoms with Gasteiger partial charge in [0.2, 0.25) is 0 Å². The standard InChI is InChI=1S/C19H22ClN3O2/c1-13-11-17(14(2)21(13)3)19(25)23-9-7-22(8-10-23)18(24)15-5-4-6-16(20)12-15/h4-6,11-12H,7-10H2,1-3H3. The number of rotatable bonds is 2. The summed E-state index contributed by atoms with van der Waals surface area (Å²) < 4.78 is 2.02. The summed E-state index contributed by atoms with van der Waals surface area (Å²) in [6.45, 7) is 6.09. The lowest BCUT2D eigenvalue weighted by Crippen LogP contribution is -2.50. The Bertz CT molecular complexity index is 820. The number of halogens is 1. The molecule has 1 aromatic heterocycles. The smallest absolute Gasteiger partial charge is 0.255 e. The topological polar surface area (TPSA) is 45.6 Å². The van der Waals surface area contributed by atoms with Crippen LogP contribution in [0.25, 0.3) is 0 Å². The lowest BCUT2D eigenvalue weighted by atomic mass is 10.1. The summed E-state index contributed by atoms with van der Waals surface area (Å²) >= 11 is 5.96. The Morgan fingerprint density at radius 3 is 2.08 bits per heavy atom. The maximum absolute atomic E-state index is 12.8. The van der Waals surface area contributed by atoms with Gasteiger partial charge >= 0.3 is 0 Å². The van der Waals surface area contributed by atoms with Crippen molar-refractivity contribution in [3.8, 4) is 0 Å². The molecule has 6 heteroatoms. The molecule has 0 spiro atoms. The fraction of sp³-hybridized carbons (Fsp3) is 0.368. The largest absolute Gasteiger partial charge is 0.351 e. The molecule has 1 fully saturated rings. The number of nitrogens with zero attached hydrogens (tertiary/aromatic N) is 3. The molecule has 2 aromatic rings. The molecule has 132 valence electrons. The first-order valence-corrected chi connectivity index (χ1v) is 8.73. The molecule has 0 saturated carbocycles. The maximum atomic E-state index is 12.8. The summed E-state index contributed by atoms with van der Waals surface area (Å²) in [7, 11) is 1.96. The number of carbonyl (C=O) groups is 2. The third kappa shape index (κ3) is 3.42. The predicted molar refractivity (Wildman–Crippen MR) is 98.1 cm³/mol. The Hall–Kier alpha value is -2.27. The molecule has 5 nitrogen and oxygen atoms in total. The second-order valence-electron chi connectivity index (χ2n) is 6.44. The Morgan fingerprint density at radius 1 is 0.960 bits per heavy atom. The van der Waals surface area contributed by atoms with Crippen molar-refractivity contribution in [2.24, 2.45) is 7.05 Å². The molecule has 0 radical (unpaired) electrons. The summed E-state index contributed by atoms with van der Waals surface area (Å²) in [5, 5.41) is 0.551. The van der Waals surface area contributed by atoms with Gasteiger partial charge in [-0.3, -0.25) is 9.59 Å². The monoisotopic (exact) mass is 359 g/mol. The fourth-order valence-corrected chi connectivity index (χ4v) is 3.35. The SMILES string of the molecule is Cc1cc(C(=O)N2CCN(C(=O)c3cccc(Cl)c3)CC2)c(C)n1C. The molecule has 2 heterocycles. The molecule has 25 heavy (non-hydrogen) atoms. The maximum Gasteiger partial charge on any atom is 0.255 e. The Balaban J connectivity index is 1.66. The first-order chi connectivity index (χ1) is 11.9. The van der Waals surface area contributed by atoms with E-state index in [-0.39, 0.29) is 11.8 Å². The minimum Gasteiger partial charge on any atom is -0.351 e. The molecule has 1 saturated heterocycles. The van der Waals surface area contributed by atoms with E-state index < -0.39 is 0 Å². The van der Waals surface area contributed by atoms with Gasteiger partial charge in [0, 0.05) is 55.2 Å². The van der Waals surface area contributed by atoms with Gasteiger partial charge in [0.25, 0.3) is 11.8 Å². The van der Waals surface area contributed by atoms with Crippen LogP contribution in [-0.2, 0) is 7.05 Å². The molecule has 0 atom stereocenters. The van der Waals surface area contributed by atoms with E-state index in [0.717, 1.165) is 17.0 Å². The molecule has 0 aliphatic carbocycles. The van der Waals surface area contributed by atoms with Crippen LogP contribution >= 0.6 is 11.6 Å². The lowest BCUT2D eigenvalue weighted by Gasteiger charge is -2.35. The fourth-order valence-electron chi connectivity index (χ4n) is 3.16. The highest BCUT2D eigenvalue weighted by molar-refractivity contribution is 6.30. The zero-order valence-electron chi connectivity index (χ0n) is 14.8. The van der Waals surface area contributed by atoms with E-state index in [4.69, 9.17) is 11.6 Å². The second kappa shape index (κ2) is 6.92. The molecule has 2 amide bonds. The zero-order chi connectivity index (χ0) is 18.1. The molecule has 1 aromatic carbocycles. The molecule has 0 N–H and O–H groups in total. The Labute approximate surface area is 152 Å². The van der Waals surface area contributed by atoms with Gasteiger partial charge in [-0.1, -0.05) is 17.7 Å². The predicted octanol–water partition coefficient (Wildman–Crippen LogP) is 2.89.